The zero-order valence-electron chi connectivity index (χ0n) is 14.9. The van der Waals surface area contributed by atoms with Gasteiger partial charge in [-0.2, -0.15) is 0 Å². The molecule has 134 valence electrons. The van der Waals surface area contributed by atoms with E-state index >= 15 is 0 Å². The molecule has 0 saturated heterocycles. The van der Waals surface area contributed by atoms with Gasteiger partial charge in [-0.05, 0) is 91.1 Å². The van der Waals surface area contributed by atoms with Crippen LogP contribution in [0.5, 0.6) is 0 Å². The average molecular weight is 468 g/mol. The first-order chi connectivity index (χ1) is 11.9. The molecule has 0 bridgehead atoms. The van der Waals surface area contributed by atoms with Gasteiger partial charge in [0.1, 0.15) is 0 Å². The standard InChI is InChI=1S/C19H25IN4S/c1-11-4-7-15(8-12(11)2)24-13(3)16(9-18(24)20)17(21)10-25-19(22)23-14-5-6-14/h4,7-9,14,17H,5-6,10,21H2,1-3H3,(H2,22,23). The highest BCUT2D eigenvalue weighted by atomic mass is 127. The van der Waals surface area contributed by atoms with Crippen molar-refractivity contribution < 1.29 is 0 Å². The predicted octanol–water partition coefficient (Wildman–Crippen LogP) is 4.22. The van der Waals surface area contributed by atoms with E-state index in [-0.39, 0.29) is 6.04 Å². The smallest absolute Gasteiger partial charge is 0.154 e. The molecular weight excluding hydrogens is 443 g/mol. The Kier molecular flexibility index (Phi) is 5.80. The van der Waals surface area contributed by atoms with Gasteiger partial charge in [0.15, 0.2) is 5.17 Å². The second kappa shape index (κ2) is 7.72. The number of benzene rings is 1. The lowest BCUT2D eigenvalue weighted by molar-refractivity contribution is 0.816. The van der Waals surface area contributed by atoms with E-state index in [2.05, 4.69) is 77.2 Å². The minimum Gasteiger partial charge on any atom is -0.379 e. The van der Waals surface area contributed by atoms with Crippen molar-refractivity contribution in [1.29, 1.82) is 0 Å². The molecule has 1 heterocycles. The minimum atomic E-state index is -0.0562. The van der Waals surface area contributed by atoms with E-state index in [0.717, 1.165) is 5.75 Å². The van der Waals surface area contributed by atoms with Gasteiger partial charge in [-0.15, -0.1) is 0 Å². The van der Waals surface area contributed by atoms with Crippen molar-refractivity contribution in [2.45, 2.75) is 45.7 Å². The van der Waals surface area contributed by atoms with E-state index in [1.165, 1.54) is 44.6 Å². The van der Waals surface area contributed by atoms with Crippen molar-refractivity contribution in [2.24, 2.45) is 16.5 Å². The fourth-order valence-electron chi connectivity index (χ4n) is 2.83. The first-order valence-electron chi connectivity index (χ1n) is 8.54. The summed E-state index contributed by atoms with van der Waals surface area (Å²) in [5, 5.41) is 0.666. The first-order valence-corrected chi connectivity index (χ1v) is 10.6. The molecule has 1 aliphatic rings. The van der Waals surface area contributed by atoms with Crippen LogP contribution in [0, 0.1) is 24.5 Å². The zero-order valence-corrected chi connectivity index (χ0v) is 17.9. The summed E-state index contributed by atoms with van der Waals surface area (Å²) in [6.07, 6.45) is 2.34. The molecular formula is C19H25IN4S. The SMILES string of the molecule is Cc1ccc(-n2c(I)cc(C(N)CSC(N)=NC3CC3)c2C)cc1C. The normalized spacial score (nSPS) is 16.3. The molecule has 0 amide bonds. The molecule has 4 N–H and O–H groups in total. The molecule has 1 aromatic heterocycles. The molecule has 1 aromatic carbocycles. The van der Waals surface area contributed by atoms with Gasteiger partial charge in [0.25, 0.3) is 0 Å². The van der Waals surface area contributed by atoms with Crippen LogP contribution in [0.1, 0.15) is 41.3 Å². The molecule has 25 heavy (non-hydrogen) atoms. The van der Waals surface area contributed by atoms with Gasteiger partial charge >= 0.3 is 0 Å². The number of aromatic nitrogens is 1. The Morgan fingerprint density at radius 2 is 2.00 bits per heavy atom. The van der Waals surface area contributed by atoms with Crippen molar-refractivity contribution in [3.8, 4) is 5.69 Å². The van der Waals surface area contributed by atoms with Crippen LogP contribution in [-0.2, 0) is 0 Å². The molecule has 3 rings (SSSR count). The van der Waals surface area contributed by atoms with Gasteiger partial charge in [-0.1, -0.05) is 17.8 Å². The molecule has 1 saturated carbocycles. The molecule has 1 aliphatic carbocycles. The molecule has 4 nitrogen and oxygen atoms in total. The highest BCUT2D eigenvalue weighted by Crippen LogP contribution is 2.29. The number of hydrogen-bond donors (Lipinski definition) is 2. The summed E-state index contributed by atoms with van der Waals surface area (Å²) in [5.41, 5.74) is 18.6. The van der Waals surface area contributed by atoms with E-state index in [0.29, 0.717) is 11.2 Å². The average Bonchev–Trinajstić information content (AvgIpc) is 3.32. The number of aryl methyl sites for hydroxylation is 2. The van der Waals surface area contributed by atoms with E-state index in [1.807, 2.05) is 0 Å². The van der Waals surface area contributed by atoms with Gasteiger partial charge in [-0.3, -0.25) is 4.99 Å². The van der Waals surface area contributed by atoms with Crippen molar-refractivity contribution >= 4 is 39.5 Å². The van der Waals surface area contributed by atoms with Crippen LogP contribution in [0.25, 0.3) is 5.69 Å². The minimum absolute atomic E-state index is 0.0562. The van der Waals surface area contributed by atoms with Crippen LogP contribution < -0.4 is 11.5 Å². The Labute approximate surface area is 167 Å². The maximum absolute atomic E-state index is 6.46. The third-order valence-electron chi connectivity index (χ3n) is 4.66. The summed E-state index contributed by atoms with van der Waals surface area (Å²) >= 11 is 3.95. The number of rotatable bonds is 5. The number of amidine groups is 1. The summed E-state index contributed by atoms with van der Waals surface area (Å²) < 4.78 is 3.45. The van der Waals surface area contributed by atoms with Crippen LogP contribution in [0.3, 0.4) is 0 Å². The quantitative estimate of drug-likeness (QED) is 0.392. The molecule has 1 atom stereocenters. The fraction of sp³-hybridized carbons (Fsp3) is 0.421. The van der Waals surface area contributed by atoms with Crippen molar-refractivity contribution in [3.63, 3.8) is 0 Å². The lowest BCUT2D eigenvalue weighted by Crippen LogP contribution is -2.18. The van der Waals surface area contributed by atoms with Gasteiger partial charge in [-0.25, -0.2) is 0 Å². The first kappa shape index (κ1) is 18.8. The summed E-state index contributed by atoms with van der Waals surface area (Å²) in [5.74, 6) is 0.746. The summed E-state index contributed by atoms with van der Waals surface area (Å²) in [6, 6.07) is 9.16. The number of hydrogen-bond acceptors (Lipinski definition) is 3. The highest BCUT2D eigenvalue weighted by molar-refractivity contribution is 14.1. The van der Waals surface area contributed by atoms with Crippen LogP contribution in [0.15, 0.2) is 29.3 Å². The van der Waals surface area contributed by atoms with Crippen LogP contribution in [-0.4, -0.2) is 21.5 Å². The largest absolute Gasteiger partial charge is 0.379 e. The Morgan fingerprint density at radius 3 is 2.64 bits per heavy atom. The van der Waals surface area contributed by atoms with E-state index < -0.39 is 0 Å². The topological polar surface area (TPSA) is 69.3 Å². The molecule has 1 fully saturated rings. The number of nitrogens with zero attached hydrogens (tertiary/aromatic N) is 2. The molecule has 6 heteroatoms. The second-order valence-corrected chi connectivity index (χ2v) is 8.87. The van der Waals surface area contributed by atoms with Crippen molar-refractivity contribution in [3.05, 3.63) is 50.4 Å². The van der Waals surface area contributed by atoms with Crippen molar-refractivity contribution in [1.82, 2.24) is 4.57 Å². The van der Waals surface area contributed by atoms with E-state index in [4.69, 9.17) is 11.5 Å². The molecule has 0 spiro atoms. The fourth-order valence-corrected chi connectivity index (χ4v) is 4.56. The number of thioether (sulfide) groups is 1. The maximum Gasteiger partial charge on any atom is 0.154 e. The third kappa shape index (κ3) is 4.41. The highest BCUT2D eigenvalue weighted by Gasteiger charge is 2.21. The summed E-state index contributed by atoms with van der Waals surface area (Å²) in [7, 11) is 0. The molecule has 1 unspecified atom stereocenters. The predicted molar refractivity (Wildman–Crippen MR) is 117 cm³/mol. The lowest BCUT2D eigenvalue weighted by Gasteiger charge is -2.14. The Hall–Kier alpha value is -0.990. The number of nitrogens with two attached hydrogens (primary N) is 2. The van der Waals surface area contributed by atoms with Crippen LogP contribution >= 0.6 is 34.4 Å². The summed E-state index contributed by atoms with van der Waals surface area (Å²) in [6.45, 7) is 6.42. The Morgan fingerprint density at radius 1 is 1.28 bits per heavy atom. The molecule has 0 radical (unpaired) electrons. The van der Waals surface area contributed by atoms with E-state index in [9.17, 15) is 0 Å². The third-order valence-corrected chi connectivity index (χ3v) is 6.38. The molecule has 0 aliphatic heterocycles. The maximum atomic E-state index is 6.46. The van der Waals surface area contributed by atoms with Gasteiger partial charge in [0.2, 0.25) is 0 Å². The zero-order chi connectivity index (χ0) is 18.1. The van der Waals surface area contributed by atoms with Crippen molar-refractivity contribution in [2.75, 3.05) is 5.75 Å². The number of aliphatic imine (C=N–C) groups is 1. The van der Waals surface area contributed by atoms with Gasteiger partial charge < -0.3 is 16.0 Å². The Bertz CT molecular complexity index is 808. The van der Waals surface area contributed by atoms with Gasteiger partial charge in [0, 0.05) is 23.2 Å². The van der Waals surface area contributed by atoms with E-state index in [1.54, 1.807) is 11.8 Å². The number of halogens is 1. The lowest BCUT2D eigenvalue weighted by atomic mass is 10.1. The van der Waals surface area contributed by atoms with Crippen LogP contribution in [0.2, 0.25) is 0 Å². The van der Waals surface area contributed by atoms with Crippen LogP contribution in [0.4, 0.5) is 0 Å². The van der Waals surface area contributed by atoms with Gasteiger partial charge in [0.05, 0.1) is 9.74 Å². The summed E-state index contributed by atoms with van der Waals surface area (Å²) in [4.78, 5) is 4.46. The second-order valence-electron chi connectivity index (χ2n) is 6.73. The monoisotopic (exact) mass is 468 g/mol. The molecule has 2 aromatic rings. The Balaban J connectivity index is 1.79.